The second-order valence-corrected chi connectivity index (χ2v) is 9.51. The maximum absolute atomic E-state index is 13.8. The van der Waals surface area contributed by atoms with Crippen LogP contribution in [0.1, 0.15) is 24.1 Å². The summed E-state index contributed by atoms with van der Waals surface area (Å²) in [7, 11) is 0. The van der Waals surface area contributed by atoms with E-state index in [4.69, 9.17) is 14.7 Å². The second kappa shape index (κ2) is 10.7. The molecule has 5 aromatic rings. The SMILES string of the molecule is C[C@H](Nc1nccc(-c2c(-c3ccc(F)cc3)nc3cc(CN4CCOCC4)ccn23)n1)c1ccccc1. The van der Waals surface area contributed by atoms with E-state index in [-0.39, 0.29) is 11.9 Å². The Bertz CT molecular complexity index is 1530. The van der Waals surface area contributed by atoms with Gasteiger partial charge >= 0.3 is 0 Å². The first-order chi connectivity index (χ1) is 18.6. The molecule has 1 aliphatic heterocycles. The molecule has 0 unspecified atom stereocenters. The number of hydrogen-bond donors (Lipinski definition) is 1. The average Bonchev–Trinajstić information content (AvgIpc) is 3.33. The van der Waals surface area contributed by atoms with Gasteiger partial charge in [-0.2, -0.15) is 0 Å². The van der Waals surface area contributed by atoms with Gasteiger partial charge in [-0.05, 0) is 60.5 Å². The van der Waals surface area contributed by atoms with Gasteiger partial charge in [0.25, 0.3) is 0 Å². The van der Waals surface area contributed by atoms with Crippen LogP contribution in [0.4, 0.5) is 10.3 Å². The van der Waals surface area contributed by atoms with Crippen LogP contribution in [0.15, 0.2) is 85.2 Å². The summed E-state index contributed by atoms with van der Waals surface area (Å²) in [5, 5.41) is 3.41. The van der Waals surface area contributed by atoms with Crippen molar-refractivity contribution in [1.29, 1.82) is 0 Å². The van der Waals surface area contributed by atoms with Gasteiger partial charge in [0.05, 0.1) is 36.3 Å². The predicted octanol–water partition coefficient (Wildman–Crippen LogP) is 5.60. The van der Waals surface area contributed by atoms with Crippen molar-refractivity contribution in [2.45, 2.75) is 19.5 Å². The smallest absolute Gasteiger partial charge is 0.223 e. The number of hydrogen-bond acceptors (Lipinski definition) is 6. The van der Waals surface area contributed by atoms with Crippen LogP contribution in [-0.2, 0) is 11.3 Å². The summed E-state index contributed by atoms with van der Waals surface area (Å²) in [4.78, 5) is 16.7. The third-order valence-corrected chi connectivity index (χ3v) is 6.86. The number of aromatic nitrogens is 4. The molecule has 0 spiro atoms. The Balaban J connectivity index is 1.39. The molecule has 8 heteroatoms. The zero-order valence-corrected chi connectivity index (χ0v) is 21.2. The normalized spacial score (nSPS) is 15.0. The molecule has 1 saturated heterocycles. The standard InChI is InChI=1S/C30H29FN6O/c1-21(23-5-3-2-4-6-23)33-30-32-13-11-26(34-30)29-28(24-7-9-25(31)10-8-24)35-27-19-22(12-14-37(27)29)20-36-15-17-38-18-16-36/h2-14,19,21H,15-18,20H2,1H3,(H,32,33,34)/t21-/m0/s1. The molecule has 0 amide bonds. The maximum atomic E-state index is 13.8. The van der Waals surface area contributed by atoms with Crippen molar-refractivity contribution in [3.63, 3.8) is 0 Å². The monoisotopic (exact) mass is 508 g/mol. The number of morpholine rings is 1. The number of fused-ring (bicyclic) bond motifs is 1. The summed E-state index contributed by atoms with van der Waals surface area (Å²) in [5.74, 6) is 0.248. The van der Waals surface area contributed by atoms with Crippen molar-refractivity contribution in [1.82, 2.24) is 24.3 Å². The fraction of sp³-hybridized carbons (Fsp3) is 0.233. The predicted molar refractivity (Wildman–Crippen MR) is 146 cm³/mol. The van der Waals surface area contributed by atoms with E-state index in [1.807, 2.05) is 34.9 Å². The lowest BCUT2D eigenvalue weighted by Crippen LogP contribution is -2.35. The van der Waals surface area contributed by atoms with Crippen LogP contribution in [0.2, 0.25) is 0 Å². The number of nitrogens with zero attached hydrogens (tertiary/aromatic N) is 5. The van der Waals surface area contributed by atoms with Crippen LogP contribution >= 0.6 is 0 Å². The molecule has 0 bridgehead atoms. The summed E-state index contributed by atoms with van der Waals surface area (Å²) >= 11 is 0. The van der Waals surface area contributed by atoms with Crippen molar-refractivity contribution in [3.8, 4) is 22.6 Å². The zero-order valence-electron chi connectivity index (χ0n) is 21.2. The van der Waals surface area contributed by atoms with Gasteiger partial charge in [-0.1, -0.05) is 30.3 Å². The molecule has 0 radical (unpaired) electrons. The molecule has 3 aromatic heterocycles. The highest BCUT2D eigenvalue weighted by Crippen LogP contribution is 2.33. The molecular formula is C30H29FN6O. The summed E-state index contributed by atoms with van der Waals surface area (Å²) in [6.07, 6.45) is 3.80. The molecule has 2 aromatic carbocycles. The summed E-state index contributed by atoms with van der Waals surface area (Å²) in [6, 6.07) is 22.8. The minimum Gasteiger partial charge on any atom is -0.379 e. The van der Waals surface area contributed by atoms with Gasteiger partial charge in [0.2, 0.25) is 5.95 Å². The fourth-order valence-corrected chi connectivity index (χ4v) is 4.84. The van der Waals surface area contributed by atoms with E-state index in [1.165, 1.54) is 17.7 Å². The van der Waals surface area contributed by atoms with Crippen molar-refractivity contribution in [2.75, 3.05) is 31.6 Å². The molecule has 38 heavy (non-hydrogen) atoms. The molecule has 4 heterocycles. The number of halogens is 1. The number of nitrogens with one attached hydrogen (secondary N) is 1. The lowest BCUT2D eigenvalue weighted by atomic mass is 10.1. The molecule has 0 saturated carbocycles. The van der Waals surface area contributed by atoms with Gasteiger partial charge in [0, 0.05) is 37.6 Å². The molecule has 6 rings (SSSR count). The van der Waals surface area contributed by atoms with Gasteiger partial charge in [-0.25, -0.2) is 19.3 Å². The highest BCUT2D eigenvalue weighted by Gasteiger charge is 2.19. The van der Waals surface area contributed by atoms with Crippen LogP contribution in [0, 0.1) is 5.82 Å². The lowest BCUT2D eigenvalue weighted by molar-refractivity contribution is 0.0342. The molecular weight excluding hydrogens is 479 g/mol. The quantitative estimate of drug-likeness (QED) is 0.309. The van der Waals surface area contributed by atoms with Gasteiger partial charge < -0.3 is 10.1 Å². The van der Waals surface area contributed by atoms with E-state index >= 15 is 0 Å². The van der Waals surface area contributed by atoms with E-state index in [2.05, 4.69) is 46.4 Å². The summed E-state index contributed by atoms with van der Waals surface area (Å²) < 4.78 is 21.3. The Morgan fingerprint density at radius 3 is 2.55 bits per heavy atom. The maximum Gasteiger partial charge on any atom is 0.223 e. The highest BCUT2D eigenvalue weighted by molar-refractivity contribution is 5.80. The number of rotatable bonds is 7. The van der Waals surface area contributed by atoms with E-state index in [1.54, 1.807) is 18.3 Å². The molecule has 192 valence electrons. The Morgan fingerprint density at radius 1 is 0.974 bits per heavy atom. The van der Waals surface area contributed by atoms with Crippen molar-refractivity contribution < 1.29 is 9.13 Å². The van der Waals surface area contributed by atoms with Crippen molar-refractivity contribution in [3.05, 3.63) is 102 Å². The average molecular weight is 509 g/mol. The first-order valence-corrected chi connectivity index (χ1v) is 12.9. The molecule has 1 atom stereocenters. The Hall–Kier alpha value is -4.14. The topological polar surface area (TPSA) is 67.6 Å². The Kier molecular flexibility index (Phi) is 6.81. The minimum atomic E-state index is -0.282. The first kappa shape index (κ1) is 24.2. The minimum absolute atomic E-state index is 0.0351. The van der Waals surface area contributed by atoms with Crippen LogP contribution in [-0.4, -0.2) is 50.6 Å². The van der Waals surface area contributed by atoms with Crippen LogP contribution in [0.3, 0.4) is 0 Å². The summed E-state index contributed by atoms with van der Waals surface area (Å²) in [5.41, 5.74) is 6.29. The number of anilines is 1. The lowest BCUT2D eigenvalue weighted by Gasteiger charge is -2.26. The molecule has 0 aliphatic carbocycles. The number of benzene rings is 2. The van der Waals surface area contributed by atoms with E-state index in [0.717, 1.165) is 66.7 Å². The Morgan fingerprint density at radius 2 is 1.76 bits per heavy atom. The highest BCUT2D eigenvalue weighted by atomic mass is 19.1. The first-order valence-electron chi connectivity index (χ1n) is 12.9. The van der Waals surface area contributed by atoms with Gasteiger partial charge in [0.1, 0.15) is 11.5 Å². The third kappa shape index (κ3) is 5.14. The third-order valence-electron chi connectivity index (χ3n) is 6.86. The molecule has 1 aliphatic rings. The van der Waals surface area contributed by atoms with E-state index in [9.17, 15) is 4.39 Å². The Labute approximate surface area is 221 Å². The second-order valence-electron chi connectivity index (χ2n) is 9.51. The van der Waals surface area contributed by atoms with Gasteiger partial charge in [-0.15, -0.1) is 0 Å². The molecule has 1 fully saturated rings. The number of ether oxygens (including phenoxy) is 1. The summed E-state index contributed by atoms with van der Waals surface area (Å²) in [6.45, 7) is 6.29. The van der Waals surface area contributed by atoms with Gasteiger partial charge in [-0.3, -0.25) is 9.30 Å². The van der Waals surface area contributed by atoms with Gasteiger partial charge in [0.15, 0.2) is 0 Å². The number of imidazole rings is 1. The van der Waals surface area contributed by atoms with Crippen molar-refractivity contribution >= 4 is 11.6 Å². The number of pyridine rings is 1. The van der Waals surface area contributed by atoms with Crippen LogP contribution in [0.25, 0.3) is 28.3 Å². The molecule has 7 nitrogen and oxygen atoms in total. The van der Waals surface area contributed by atoms with Crippen molar-refractivity contribution in [2.24, 2.45) is 0 Å². The van der Waals surface area contributed by atoms with E-state index in [0.29, 0.717) is 5.95 Å². The van der Waals surface area contributed by atoms with Crippen LogP contribution < -0.4 is 5.32 Å². The zero-order chi connectivity index (χ0) is 25.9. The van der Waals surface area contributed by atoms with E-state index < -0.39 is 0 Å². The molecule has 1 N–H and O–H groups in total. The fourth-order valence-electron chi connectivity index (χ4n) is 4.84. The largest absolute Gasteiger partial charge is 0.379 e. The van der Waals surface area contributed by atoms with Crippen LogP contribution in [0.5, 0.6) is 0 Å².